The van der Waals surface area contributed by atoms with Crippen molar-refractivity contribution in [3.63, 3.8) is 0 Å². The highest BCUT2D eigenvalue weighted by atomic mass is 16.1. The number of hydrogen-bond donors (Lipinski definition) is 1. The topological polar surface area (TPSA) is 46.9 Å². The zero-order chi connectivity index (χ0) is 9.10. The molecule has 4 nitrogen and oxygen atoms in total. The summed E-state index contributed by atoms with van der Waals surface area (Å²) in [6.07, 6.45) is 6.58. The highest BCUT2D eigenvalue weighted by Gasteiger charge is 2.15. The number of piperidine rings is 1. The van der Waals surface area contributed by atoms with Crippen molar-refractivity contribution in [3.05, 3.63) is 18.0 Å². The van der Waals surface area contributed by atoms with Gasteiger partial charge in [-0.15, -0.1) is 0 Å². The van der Waals surface area contributed by atoms with Gasteiger partial charge in [-0.1, -0.05) is 0 Å². The average molecular weight is 179 g/mol. The standard InChI is InChI=1S/C9H13N3O/c13-7-8-4-11-12(6-8)9-2-1-3-10-5-9/h4,6-7,9-10H,1-3,5H2. The monoisotopic (exact) mass is 179 g/mol. The minimum Gasteiger partial charge on any atom is -0.315 e. The molecule has 0 amide bonds. The van der Waals surface area contributed by atoms with E-state index >= 15 is 0 Å². The third-order valence-electron chi connectivity index (χ3n) is 2.40. The number of hydrogen-bond acceptors (Lipinski definition) is 3. The molecule has 0 radical (unpaired) electrons. The van der Waals surface area contributed by atoms with Crippen molar-refractivity contribution in [1.82, 2.24) is 15.1 Å². The van der Waals surface area contributed by atoms with Crippen molar-refractivity contribution >= 4 is 6.29 Å². The van der Waals surface area contributed by atoms with Gasteiger partial charge in [-0.2, -0.15) is 5.10 Å². The Morgan fingerprint density at radius 3 is 3.23 bits per heavy atom. The zero-order valence-corrected chi connectivity index (χ0v) is 7.44. The van der Waals surface area contributed by atoms with Gasteiger partial charge in [-0.25, -0.2) is 0 Å². The molecule has 1 N–H and O–H groups in total. The Kier molecular flexibility index (Phi) is 2.40. The van der Waals surface area contributed by atoms with Gasteiger partial charge in [0.15, 0.2) is 6.29 Å². The molecule has 1 aromatic rings. The number of rotatable bonds is 2. The molecule has 0 saturated carbocycles. The van der Waals surface area contributed by atoms with Crippen LogP contribution in [0.1, 0.15) is 29.2 Å². The van der Waals surface area contributed by atoms with E-state index in [9.17, 15) is 4.79 Å². The summed E-state index contributed by atoms with van der Waals surface area (Å²) in [7, 11) is 0. The second kappa shape index (κ2) is 3.70. The van der Waals surface area contributed by atoms with Gasteiger partial charge in [0.25, 0.3) is 0 Å². The first-order valence-corrected chi connectivity index (χ1v) is 4.60. The van der Waals surface area contributed by atoms with Crippen molar-refractivity contribution in [2.24, 2.45) is 0 Å². The van der Waals surface area contributed by atoms with E-state index in [1.165, 1.54) is 6.42 Å². The van der Waals surface area contributed by atoms with Gasteiger partial charge in [0.2, 0.25) is 0 Å². The first-order valence-electron chi connectivity index (χ1n) is 4.60. The number of aldehydes is 1. The Labute approximate surface area is 76.9 Å². The molecule has 0 spiro atoms. The van der Waals surface area contributed by atoms with Gasteiger partial charge < -0.3 is 5.32 Å². The first kappa shape index (κ1) is 8.44. The Morgan fingerprint density at radius 2 is 2.62 bits per heavy atom. The number of aromatic nitrogens is 2. The average Bonchev–Trinajstić information content (AvgIpc) is 2.67. The molecule has 1 unspecified atom stereocenters. The molecule has 2 rings (SSSR count). The van der Waals surface area contributed by atoms with E-state index in [0.29, 0.717) is 11.6 Å². The fraction of sp³-hybridized carbons (Fsp3) is 0.556. The molecule has 0 aromatic carbocycles. The molecule has 1 aliphatic rings. The molecular weight excluding hydrogens is 166 g/mol. The molecule has 4 heteroatoms. The van der Waals surface area contributed by atoms with Crippen LogP contribution < -0.4 is 5.32 Å². The minimum absolute atomic E-state index is 0.419. The molecule has 2 heterocycles. The molecule has 1 aliphatic heterocycles. The Bertz CT molecular complexity index is 289. The largest absolute Gasteiger partial charge is 0.315 e. The van der Waals surface area contributed by atoms with Crippen molar-refractivity contribution in [2.75, 3.05) is 13.1 Å². The summed E-state index contributed by atoms with van der Waals surface area (Å²) in [5.74, 6) is 0. The Hall–Kier alpha value is -1.16. The number of nitrogens with one attached hydrogen (secondary N) is 1. The first-order chi connectivity index (χ1) is 6.40. The second-order valence-electron chi connectivity index (χ2n) is 3.37. The molecule has 70 valence electrons. The van der Waals surface area contributed by atoms with Gasteiger partial charge in [0.05, 0.1) is 17.8 Å². The van der Waals surface area contributed by atoms with Crippen molar-refractivity contribution in [1.29, 1.82) is 0 Å². The molecule has 0 bridgehead atoms. The Balaban J connectivity index is 2.09. The van der Waals surface area contributed by atoms with Gasteiger partial charge in [0, 0.05) is 12.7 Å². The van der Waals surface area contributed by atoms with Crippen LogP contribution in [0.2, 0.25) is 0 Å². The summed E-state index contributed by atoms with van der Waals surface area (Å²) < 4.78 is 1.88. The molecule has 1 saturated heterocycles. The normalized spacial score (nSPS) is 22.9. The number of carbonyl (C=O) groups excluding carboxylic acids is 1. The van der Waals surface area contributed by atoms with Gasteiger partial charge in [0.1, 0.15) is 0 Å². The molecule has 13 heavy (non-hydrogen) atoms. The van der Waals surface area contributed by atoms with Crippen LogP contribution in [-0.4, -0.2) is 29.2 Å². The maximum atomic E-state index is 10.4. The maximum absolute atomic E-state index is 10.4. The van der Waals surface area contributed by atoms with Crippen LogP contribution in [0.4, 0.5) is 0 Å². The zero-order valence-electron chi connectivity index (χ0n) is 7.44. The fourth-order valence-corrected chi connectivity index (χ4v) is 1.67. The van der Waals surface area contributed by atoms with E-state index in [1.807, 2.05) is 10.9 Å². The van der Waals surface area contributed by atoms with E-state index in [4.69, 9.17) is 0 Å². The molecule has 1 atom stereocenters. The van der Waals surface area contributed by atoms with Crippen molar-refractivity contribution in [2.45, 2.75) is 18.9 Å². The van der Waals surface area contributed by atoms with Crippen molar-refractivity contribution < 1.29 is 4.79 Å². The van der Waals surface area contributed by atoms with Gasteiger partial charge >= 0.3 is 0 Å². The summed E-state index contributed by atoms with van der Waals surface area (Å²) in [5.41, 5.74) is 0.658. The second-order valence-corrected chi connectivity index (χ2v) is 3.37. The Morgan fingerprint density at radius 1 is 1.69 bits per heavy atom. The molecule has 1 fully saturated rings. The summed E-state index contributed by atoms with van der Waals surface area (Å²) in [4.78, 5) is 10.4. The van der Waals surface area contributed by atoms with E-state index < -0.39 is 0 Å². The van der Waals surface area contributed by atoms with Crippen LogP contribution in [-0.2, 0) is 0 Å². The van der Waals surface area contributed by atoms with E-state index in [2.05, 4.69) is 10.4 Å². The smallest absolute Gasteiger partial charge is 0.153 e. The van der Waals surface area contributed by atoms with Crippen LogP contribution in [0, 0.1) is 0 Å². The van der Waals surface area contributed by atoms with E-state index in [0.717, 1.165) is 25.8 Å². The minimum atomic E-state index is 0.419. The number of carbonyl (C=O) groups is 1. The third kappa shape index (κ3) is 1.78. The van der Waals surface area contributed by atoms with Crippen LogP contribution >= 0.6 is 0 Å². The summed E-state index contributed by atoms with van der Waals surface area (Å²) in [5, 5.41) is 7.47. The van der Waals surface area contributed by atoms with Crippen LogP contribution in [0.3, 0.4) is 0 Å². The summed E-state index contributed by atoms with van der Waals surface area (Å²) in [6.45, 7) is 2.05. The van der Waals surface area contributed by atoms with Crippen molar-refractivity contribution in [3.8, 4) is 0 Å². The lowest BCUT2D eigenvalue weighted by Gasteiger charge is -2.22. The van der Waals surface area contributed by atoms with Crippen LogP contribution in [0.25, 0.3) is 0 Å². The highest BCUT2D eigenvalue weighted by Crippen LogP contribution is 2.15. The predicted molar refractivity (Wildman–Crippen MR) is 48.8 cm³/mol. The molecular formula is C9H13N3O. The maximum Gasteiger partial charge on any atom is 0.153 e. The van der Waals surface area contributed by atoms with E-state index in [-0.39, 0.29) is 0 Å². The lowest BCUT2D eigenvalue weighted by atomic mass is 10.1. The lowest BCUT2D eigenvalue weighted by Crippen LogP contribution is -2.31. The lowest BCUT2D eigenvalue weighted by molar-refractivity contribution is 0.112. The quantitative estimate of drug-likeness (QED) is 0.677. The van der Waals surface area contributed by atoms with E-state index in [1.54, 1.807) is 6.20 Å². The SMILES string of the molecule is O=Cc1cnn(C2CCCNC2)c1. The summed E-state index contributed by atoms with van der Waals surface area (Å²) in [6, 6.07) is 0.419. The van der Waals surface area contributed by atoms with Gasteiger partial charge in [-0.3, -0.25) is 9.48 Å². The number of nitrogens with zero attached hydrogens (tertiary/aromatic N) is 2. The molecule has 0 aliphatic carbocycles. The highest BCUT2D eigenvalue weighted by molar-refractivity contribution is 5.73. The van der Waals surface area contributed by atoms with Crippen LogP contribution in [0.5, 0.6) is 0 Å². The third-order valence-corrected chi connectivity index (χ3v) is 2.40. The van der Waals surface area contributed by atoms with Crippen LogP contribution in [0.15, 0.2) is 12.4 Å². The summed E-state index contributed by atoms with van der Waals surface area (Å²) >= 11 is 0. The fourth-order valence-electron chi connectivity index (χ4n) is 1.67. The molecule has 1 aromatic heterocycles. The predicted octanol–water partition coefficient (Wildman–Crippen LogP) is 0.620. The van der Waals surface area contributed by atoms with Gasteiger partial charge in [-0.05, 0) is 19.4 Å².